The quantitative estimate of drug-likeness (QED) is 0.124. The summed E-state index contributed by atoms with van der Waals surface area (Å²) in [5.74, 6) is 0. The minimum atomic E-state index is -0.368. The maximum Gasteiger partial charge on any atom is 0.117 e. The van der Waals surface area contributed by atoms with E-state index in [0.717, 1.165) is 276 Å². The van der Waals surface area contributed by atoms with Crippen LogP contribution in [0.2, 0.25) is 0 Å². The molecule has 0 spiro atoms. The topological polar surface area (TPSA) is 442 Å². The largest absolute Gasteiger partial charge is 0.395 e. The molecule has 4 bridgehead atoms. The SMILES string of the molecule is C1CC2CNCC1O2.C1O[C@H]2CN[C@@H]1C2.CC1(C)COCCN1.CC[C@@H]1CNCCO1.CC[C@H]1CNCCO1.C[C@@H]1CNCCO1.C[C@@H]1COCCN1.C[C@@H]1COC[C@@H](C)N1.C[C@@H]1COC[C@H](C)N1.C[C@H]1CNCCO1.C[C@H]1COC[C@H](C)N1.FC[C@@H]1CNCCO1.FC[C@H]1CNCCO1.OC[C@@H]1CNCCO1.OC[C@@H]1COCCN1.OC[C@H]1CNCCO1.OC[C@H]1COCCN1. The molecule has 2 unspecified atom stereocenters. The summed E-state index contributed by atoms with van der Waals surface area (Å²) < 4.78 is 112. The van der Waals surface area contributed by atoms with E-state index >= 15 is 0 Å². The Morgan fingerprint density at radius 1 is 0.288 bits per heavy atom. The minimum absolute atomic E-state index is 0.0312. The van der Waals surface area contributed by atoms with Crippen LogP contribution in [0.4, 0.5) is 8.78 Å². The number of aliphatic hydroxyl groups excluding tert-OH is 4. The molecule has 0 aromatic rings. The van der Waals surface area contributed by atoms with Gasteiger partial charge in [0.1, 0.15) is 13.3 Å². The van der Waals surface area contributed by atoms with Crippen LogP contribution in [0.1, 0.15) is 122 Å². The van der Waals surface area contributed by atoms with E-state index in [-0.39, 0.29) is 81.8 Å². The van der Waals surface area contributed by atoms with Crippen LogP contribution < -0.4 is 90.4 Å². The highest BCUT2D eigenvalue weighted by Crippen LogP contribution is 2.22. The third kappa shape index (κ3) is 70.9. The Kier molecular flexibility index (Phi) is 80.1. The summed E-state index contributed by atoms with van der Waals surface area (Å²) in [4.78, 5) is 0. The van der Waals surface area contributed by atoms with Gasteiger partial charge in [0.15, 0.2) is 0 Å². The highest BCUT2D eigenvalue weighted by molar-refractivity contribution is 4.88. The molecule has 40 heteroatoms. The molecule has 0 radical (unpaired) electrons. The molecule has 19 rings (SSSR count). The van der Waals surface area contributed by atoms with Crippen LogP contribution >= 0.6 is 0 Å². The van der Waals surface area contributed by atoms with Crippen molar-refractivity contribution in [1.82, 2.24) is 90.4 Å². The van der Waals surface area contributed by atoms with Crippen LogP contribution in [-0.4, -0.2) is 496 Å². The smallest absolute Gasteiger partial charge is 0.117 e. The maximum absolute atomic E-state index is 11.7. The Balaban J connectivity index is 0.000000361. The van der Waals surface area contributed by atoms with Crippen molar-refractivity contribution >= 4 is 0 Å². The zero-order valence-corrected chi connectivity index (χ0v) is 83.9. The van der Waals surface area contributed by atoms with Crippen molar-refractivity contribution in [2.24, 2.45) is 0 Å². The predicted octanol–water partition coefficient (Wildman–Crippen LogP) is -2.07. The van der Waals surface area contributed by atoms with Crippen LogP contribution in [0.5, 0.6) is 0 Å². The molecule has 19 fully saturated rings. The van der Waals surface area contributed by atoms with Gasteiger partial charge < -0.3 is 191 Å². The van der Waals surface area contributed by atoms with Crippen molar-refractivity contribution in [3.05, 3.63) is 0 Å². The van der Waals surface area contributed by atoms with Crippen molar-refractivity contribution in [1.29, 1.82) is 0 Å². The summed E-state index contributed by atoms with van der Waals surface area (Å²) >= 11 is 0. The number of fused-ring (bicyclic) bond motifs is 4. The molecule has 0 aromatic heterocycles. The molecule has 0 aliphatic carbocycles. The van der Waals surface area contributed by atoms with Crippen LogP contribution in [0, 0.1) is 0 Å². The van der Waals surface area contributed by atoms with E-state index in [1.807, 2.05) is 0 Å². The van der Waals surface area contributed by atoms with E-state index in [9.17, 15) is 8.78 Å². The van der Waals surface area contributed by atoms with Crippen LogP contribution in [0.3, 0.4) is 0 Å². The summed E-state index contributed by atoms with van der Waals surface area (Å²) in [6.45, 7) is 67.9. The number of hydrogen-bond acceptors (Lipinski definition) is 38. The third-order valence-electron chi connectivity index (χ3n) is 22.3. The van der Waals surface area contributed by atoms with Gasteiger partial charge >= 0.3 is 0 Å². The molecule has 19 saturated heterocycles. The Hall–Kier alpha value is -1.66. The molecule has 19 aliphatic heterocycles. The fourth-order valence-corrected chi connectivity index (χ4v) is 14.9. The number of morpholine rings is 17. The van der Waals surface area contributed by atoms with Crippen molar-refractivity contribution in [2.75, 3.05) is 342 Å². The van der Waals surface area contributed by atoms with Gasteiger partial charge in [0.25, 0.3) is 0 Å². The molecule has 21 N–H and O–H groups in total. The first kappa shape index (κ1) is 124. The summed E-state index contributed by atoms with van der Waals surface area (Å²) in [5.41, 5.74) is 0.207. The summed E-state index contributed by atoms with van der Waals surface area (Å²) in [6.07, 6.45) is 9.21. The second kappa shape index (κ2) is 85.0. The van der Waals surface area contributed by atoms with Gasteiger partial charge in [-0.25, -0.2) is 8.78 Å². The average molecular weight is 1910 g/mol. The number of halogens is 2. The first-order valence-corrected chi connectivity index (χ1v) is 50.2. The van der Waals surface area contributed by atoms with Gasteiger partial charge in [-0.2, -0.15) is 0 Å². The van der Waals surface area contributed by atoms with Crippen LogP contribution in [0.15, 0.2) is 0 Å². The van der Waals surface area contributed by atoms with Gasteiger partial charge in [-0.3, -0.25) is 0 Å². The summed E-state index contributed by atoms with van der Waals surface area (Å²) in [5, 5.41) is 88.8. The molecule has 132 heavy (non-hydrogen) atoms. The molecule has 19 aliphatic rings. The summed E-state index contributed by atoms with van der Waals surface area (Å²) in [6, 6.07) is 4.85. The molecule has 19 heterocycles. The molecular weight excluding hydrogens is 1720 g/mol. The zero-order valence-electron chi connectivity index (χ0n) is 83.9. The van der Waals surface area contributed by atoms with E-state index in [1.165, 1.54) is 19.3 Å². The van der Waals surface area contributed by atoms with Gasteiger partial charge in [0.05, 0.1) is 258 Å². The maximum atomic E-state index is 11.7. The minimum Gasteiger partial charge on any atom is -0.395 e. The number of aliphatic hydroxyl groups is 4. The lowest BCUT2D eigenvalue weighted by molar-refractivity contribution is -0.00619. The Labute approximate surface area is 794 Å². The van der Waals surface area contributed by atoms with E-state index < -0.39 is 0 Å². The first-order valence-electron chi connectivity index (χ1n) is 50.2. The fourth-order valence-electron chi connectivity index (χ4n) is 14.9. The molecule has 38 nitrogen and oxygen atoms in total. The number of rotatable bonds is 8. The Morgan fingerprint density at radius 3 is 0.765 bits per heavy atom. The zero-order chi connectivity index (χ0) is 96.0. The van der Waals surface area contributed by atoms with Crippen molar-refractivity contribution in [3.8, 4) is 0 Å². The number of alkyl halides is 2. The highest BCUT2D eigenvalue weighted by atomic mass is 19.1. The normalized spacial score (nSPS) is 34.2. The monoisotopic (exact) mass is 1910 g/mol. The second-order valence-electron chi connectivity index (χ2n) is 36.5. The second-order valence-corrected chi connectivity index (χ2v) is 36.5. The van der Waals surface area contributed by atoms with Crippen molar-refractivity contribution in [2.45, 2.75) is 255 Å². The Bertz CT molecular complexity index is 2070. The van der Waals surface area contributed by atoms with Crippen LogP contribution in [-0.2, 0) is 80.5 Å². The highest BCUT2D eigenvalue weighted by Gasteiger charge is 2.32. The Morgan fingerprint density at radius 2 is 0.621 bits per heavy atom. The molecule has 0 amide bonds. The van der Waals surface area contributed by atoms with Gasteiger partial charge in [-0.15, -0.1) is 0 Å². The molecular formula is C92H195F2N17O21. The lowest BCUT2D eigenvalue weighted by atomic mass is 10.1. The van der Waals surface area contributed by atoms with E-state index in [2.05, 4.69) is 180 Å². The van der Waals surface area contributed by atoms with Gasteiger partial charge in [-0.1, -0.05) is 13.8 Å². The van der Waals surface area contributed by atoms with Gasteiger partial charge in [-0.05, 0) is 108 Å². The fraction of sp³-hybridized carbons (Fsp3) is 1.00. The van der Waals surface area contributed by atoms with E-state index in [4.69, 9.17) is 101 Å². The van der Waals surface area contributed by atoms with E-state index in [1.54, 1.807) is 0 Å². The number of ether oxygens (including phenoxy) is 17. The summed E-state index contributed by atoms with van der Waals surface area (Å²) in [7, 11) is 0. The standard InChI is InChI=1S/C6H11NO.6C6H13NO.2C5H10FNO.4C5H11NO2.C5H9NO.3C5H11NO/c1-2-6-4-7-3-5(1)8-6;3*1-5-3-8-4-6(2)7-5;1-6(2)5-8-4-3-7-6;2*1-2-6-5-7-3-4-8-6;2*6-3-5-4-7-1-2-8-5;2*7-3-5-4-8-2-1-6-5;2*7-4-5-3-6-1-2-8-5;1-4-3-7-5(1)2-6-4;1-5-4-7-3-2-6-5;2*1-5-4-6-2-3-7-5/h5-7H,1-4H2;3*5-7H,3-4H2,1-2H3;7H,3-5H2,1-2H3;2*6-7H,2-5H2,1H3;2*5,7H,1-4H2;4*5-7H,1-4H2;4-6H,1-3H2;3*5-6H,2-4H2,1H3/t;5-,6+;2*5-,6-;;2*6-;6*5-;4-,5-;3*5-/m..10.101010101110/s1. The van der Waals surface area contributed by atoms with Crippen molar-refractivity contribution < 1.29 is 110 Å². The molecule has 0 saturated carbocycles. The third-order valence-corrected chi connectivity index (χ3v) is 22.3. The van der Waals surface area contributed by atoms with Gasteiger partial charge in [0, 0.05) is 204 Å². The van der Waals surface area contributed by atoms with E-state index in [0.29, 0.717) is 131 Å². The van der Waals surface area contributed by atoms with Crippen LogP contribution in [0.25, 0.3) is 0 Å². The average Bonchev–Trinajstić information content (AvgIpc) is 1.73. The predicted molar refractivity (Wildman–Crippen MR) is 515 cm³/mol. The number of nitrogens with one attached hydrogen (secondary N) is 17. The molecule has 0 aromatic carbocycles. The van der Waals surface area contributed by atoms with Crippen molar-refractivity contribution in [3.63, 3.8) is 0 Å². The first-order chi connectivity index (χ1) is 64.1. The molecule has 788 valence electrons. The lowest BCUT2D eigenvalue weighted by Crippen LogP contribution is -2.49. The lowest BCUT2D eigenvalue weighted by Gasteiger charge is -2.30. The number of hydrogen-bond donors (Lipinski definition) is 21. The van der Waals surface area contributed by atoms with Gasteiger partial charge in [0.2, 0.25) is 0 Å². The molecule has 21 atom stereocenters.